The summed E-state index contributed by atoms with van der Waals surface area (Å²) in [5.41, 5.74) is -3.03. The number of carbonyl (C=O) groups is 2. The molecule has 1 spiro atoms. The van der Waals surface area contributed by atoms with Gasteiger partial charge in [-0.05, 0) is 32.1 Å². The molecule has 2 heterocycles. The predicted octanol–water partition coefficient (Wildman–Crippen LogP) is 1.65. The third kappa shape index (κ3) is 1.36. The quantitative estimate of drug-likeness (QED) is 0.689. The van der Waals surface area contributed by atoms with Gasteiger partial charge in [0.1, 0.15) is 11.9 Å². The minimum absolute atomic E-state index is 0.00337. The molecule has 6 heteroatoms. The van der Waals surface area contributed by atoms with Gasteiger partial charge in [0.25, 0.3) is 0 Å². The first-order valence-corrected chi connectivity index (χ1v) is 8.22. The Morgan fingerprint density at radius 1 is 1.27 bits per heavy atom. The maximum absolute atomic E-state index is 12.7. The second-order valence-electron chi connectivity index (χ2n) is 7.60. The standard InChI is InChI=1S/C16H22N2O4/c1-9-3-4-10-12(14(2)11(19)5-6-16(9,14)21)22-13(20)15(10)7-8-17-18-15/h9-10,12,21H,3-8H2,1-2H3/t9-,10+,12+,14-,15-,16+/m0/s1. The number of hydrogen-bond acceptors (Lipinski definition) is 6. The highest BCUT2D eigenvalue weighted by Gasteiger charge is 2.73. The number of Topliss-reactive ketones (excluding diaryl/α,β-unsaturated/α-hetero) is 1. The molecule has 2 saturated carbocycles. The van der Waals surface area contributed by atoms with Gasteiger partial charge >= 0.3 is 5.97 Å². The molecule has 3 fully saturated rings. The minimum Gasteiger partial charge on any atom is -0.459 e. The zero-order chi connectivity index (χ0) is 15.8. The highest BCUT2D eigenvalue weighted by atomic mass is 16.6. The molecule has 120 valence electrons. The largest absolute Gasteiger partial charge is 0.459 e. The van der Waals surface area contributed by atoms with Gasteiger partial charge in [0, 0.05) is 18.8 Å². The van der Waals surface area contributed by atoms with Crippen molar-refractivity contribution in [2.24, 2.45) is 27.5 Å². The molecule has 2 aliphatic carbocycles. The van der Waals surface area contributed by atoms with Crippen LogP contribution in [0.4, 0.5) is 0 Å². The van der Waals surface area contributed by atoms with Crippen molar-refractivity contribution in [2.75, 3.05) is 6.54 Å². The fraction of sp³-hybridized carbons (Fsp3) is 0.875. The molecular formula is C16H22N2O4. The molecule has 0 amide bonds. The number of nitrogens with zero attached hydrogens (tertiary/aromatic N) is 2. The van der Waals surface area contributed by atoms with Crippen molar-refractivity contribution in [3.05, 3.63) is 0 Å². The number of ketones is 1. The van der Waals surface area contributed by atoms with E-state index in [-0.39, 0.29) is 23.6 Å². The molecule has 1 saturated heterocycles. The fourth-order valence-corrected chi connectivity index (χ4v) is 5.36. The Morgan fingerprint density at radius 3 is 2.73 bits per heavy atom. The van der Waals surface area contributed by atoms with E-state index in [4.69, 9.17) is 4.74 Å². The summed E-state index contributed by atoms with van der Waals surface area (Å²) in [5.74, 6) is -0.501. The number of carbonyl (C=O) groups excluding carboxylic acids is 2. The van der Waals surface area contributed by atoms with Crippen molar-refractivity contribution in [3.63, 3.8) is 0 Å². The summed E-state index contributed by atoms with van der Waals surface area (Å²) in [6.45, 7) is 4.32. The van der Waals surface area contributed by atoms with Crippen LogP contribution in [-0.4, -0.2) is 40.6 Å². The molecule has 0 aromatic carbocycles. The third-order valence-corrected chi connectivity index (χ3v) is 6.92. The Labute approximate surface area is 129 Å². The topological polar surface area (TPSA) is 88.3 Å². The van der Waals surface area contributed by atoms with Crippen LogP contribution in [0, 0.1) is 17.3 Å². The highest BCUT2D eigenvalue weighted by Crippen LogP contribution is 2.61. The first-order chi connectivity index (χ1) is 10.4. The van der Waals surface area contributed by atoms with Crippen LogP contribution in [0.3, 0.4) is 0 Å². The molecule has 4 aliphatic rings. The Bertz CT molecular complexity index is 591. The van der Waals surface area contributed by atoms with Crippen molar-refractivity contribution in [3.8, 4) is 0 Å². The zero-order valence-corrected chi connectivity index (χ0v) is 13.0. The lowest BCUT2D eigenvalue weighted by molar-refractivity contribution is -0.171. The number of hydrogen-bond donors (Lipinski definition) is 1. The van der Waals surface area contributed by atoms with E-state index >= 15 is 0 Å². The molecule has 0 radical (unpaired) electrons. The molecule has 0 aromatic rings. The van der Waals surface area contributed by atoms with E-state index in [0.717, 1.165) is 12.8 Å². The zero-order valence-electron chi connectivity index (χ0n) is 13.0. The van der Waals surface area contributed by atoms with E-state index in [2.05, 4.69) is 10.2 Å². The van der Waals surface area contributed by atoms with Crippen LogP contribution >= 0.6 is 0 Å². The second-order valence-corrected chi connectivity index (χ2v) is 7.60. The molecular weight excluding hydrogens is 284 g/mol. The van der Waals surface area contributed by atoms with Crippen molar-refractivity contribution < 1.29 is 19.4 Å². The van der Waals surface area contributed by atoms with E-state index < -0.39 is 22.7 Å². The van der Waals surface area contributed by atoms with Crippen LogP contribution in [0.5, 0.6) is 0 Å². The van der Waals surface area contributed by atoms with Crippen molar-refractivity contribution in [1.29, 1.82) is 0 Å². The van der Waals surface area contributed by atoms with Gasteiger partial charge in [-0.1, -0.05) is 6.92 Å². The Hall–Kier alpha value is -1.30. The number of aliphatic hydroxyl groups is 1. The number of ether oxygens (including phenoxy) is 1. The van der Waals surface area contributed by atoms with Gasteiger partial charge < -0.3 is 9.84 Å². The Morgan fingerprint density at radius 2 is 2.05 bits per heavy atom. The van der Waals surface area contributed by atoms with Crippen LogP contribution in [0.15, 0.2) is 10.2 Å². The number of fused-ring (bicyclic) bond motifs is 4. The van der Waals surface area contributed by atoms with Crippen molar-refractivity contribution in [1.82, 2.24) is 0 Å². The summed E-state index contributed by atoms with van der Waals surface area (Å²) >= 11 is 0. The summed E-state index contributed by atoms with van der Waals surface area (Å²) in [6.07, 6.45) is 2.30. The van der Waals surface area contributed by atoms with Crippen molar-refractivity contribution in [2.45, 2.75) is 63.2 Å². The maximum atomic E-state index is 12.7. The molecule has 1 N–H and O–H groups in total. The fourth-order valence-electron chi connectivity index (χ4n) is 5.36. The van der Waals surface area contributed by atoms with E-state index in [0.29, 0.717) is 25.8 Å². The van der Waals surface area contributed by atoms with Crippen LogP contribution < -0.4 is 0 Å². The Balaban J connectivity index is 1.86. The van der Waals surface area contributed by atoms with Crippen LogP contribution in [0.25, 0.3) is 0 Å². The molecule has 4 rings (SSSR count). The number of azo groups is 1. The number of esters is 1. The van der Waals surface area contributed by atoms with Gasteiger partial charge in [-0.25, -0.2) is 4.79 Å². The van der Waals surface area contributed by atoms with Crippen LogP contribution in [-0.2, 0) is 14.3 Å². The van der Waals surface area contributed by atoms with E-state index in [1.54, 1.807) is 6.92 Å². The monoisotopic (exact) mass is 306 g/mol. The average molecular weight is 306 g/mol. The minimum atomic E-state index is -1.09. The van der Waals surface area contributed by atoms with Gasteiger partial charge in [-0.3, -0.25) is 4.79 Å². The summed E-state index contributed by atoms with van der Waals surface area (Å²) in [7, 11) is 0. The van der Waals surface area contributed by atoms with Crippen LogP contribution in [0.1, 0.15) is 46.0 Å². The van der Waals surface area contributed by atoms with Gasteiger partial charge in [-0.2, -0.15) is 10.2 Å². The van der Waals surface area contributed by atoms with Gasteiger partial charge in [0.15, 0.2) is 5.54 Å². The Kier molecular flexibility index (Phi) is 2.70. The maximum Gasteiger partial charge on any atom is 0.336 e. The summed E-state index contributed by atoms with van der Waals surface area (Å²) in [4.78, 5) is 25.2. The SMILES string of the molecule is C[C@H]1CC[C@@H]2[C@@H](OC(=O)[C@]23CCN=N3)[C@]2(C)C(=O)CC[C@@]12O. The number of rotatable bonds is 0. The summed E-state index contributed by atoms with van der Waals surface area (Å²) in [5, 5.41) is 19.6. The van der Waals surface area contributed by atoms with Crippen molar-refractivity contribution >= 4 is 11.8 Å². The molecule has 6 nitrogen and oxygen atoms in total. The summed E-state index contributed by atoms with van der Waals surface area (Å²) < 4.78 is 5.71. The van der Waals surface area contributed by atoms with Gasteiger partial charge in [0.05, 0.1) is 17.6 Å². The molecule has 0 aromatic heterocycles. The summed E-state index contributed by atoms with van der Waals surface area (Å²) in [6, 6.07) is 0. The van der Waals surface area contributed by atoms with E-state index in [1.165, 1.54) is 0 Å². The van der Waals surface area contributed by atoms with E-state index in [1.807, 2.05) is 6.92 Å². The lowest BCUT2D eigenvalue weighted by atomic mass is 9.64. The van der Waals surface area contributed by atoms with E-state index in [9.17, 15) is 14.7 Å². The third-order valence-electron chi connectivity index (χ3n) is 6.92. The molecule has 0 unspecified atom stereocenters. The molecule has 2 aliphatic heterocycles. The van der Waals surface area contributed by atoms with Crippen LogP contribution in [0.2, 0.25) is 0 Å². The average Bonchev–Trinajstić information content (AvgIpc) is 3.13. The molecule has 6 atom stereocenters. The normalized spacial score (nSPS) is 53.5. The lowest BCUT2D eigenvalue weighted by Gasteiger charge is -2.44. The molecule has 22 heavy (non-hydrogen) atoms. The lowest BCUT2D eigenvalue weighted by Crippen LogP contribution is -2.56. The smallest absolute Gasteiger partial charge is 0.336 e. The first kappa shape index (κ1) is 14.3. The highest BCUT2D eigenvalue weighted by molar-refractivity contribution is 5.92. The van der Waals surface area contributed by atoms with Gasteiger partial charge in [0.2, 0.25) is 0 Å². The van der Waals surface area contributed by atoms with Gasteiger partial charge in [-0.15, -0.1) is 0 Å². The molecule has 0 bridgehead atoms. The predicted molar refractivity (Wildman–Crippen MR) is 76.1 cm³/mol. The second kappa shape index (κ2) is 4.16. The first-order valence-electron chi connectivity index (χ1n) is 8.22.